The number of pyridine rings is 2. The molecule has 27 heavy (non-hydrogen) atoms. The molecule has 3 aromatic rings. The lowest BCUT2D eigenvalue weighted by Crippen LogP contribution is -1.99. The first kappa shape index (κ1) is 22.5. The van der Waals surface area contributed by atoms with Gasteiger partial charge in [0.05, 0.1) is 24.9 Å². The Hall–Kier alpha value is -2.57. The van der Waals surface area contributed by atoms with Gasteiger partial charge in [-0.1, -0.05) is 13.3 Å². The monoisotopic (exact) mass is 391 g/mol. The lowest BCUT2D eigenvalue weighted by Gasteiger charge is -2.12. The second-order valence-corrected chi connectivity index (χ2v) is 5.88. The molecule has 0 unspecified atom stereocenters. The van der Waals surface area contributed by atoms with E-state index in [4.69, 9.17) is 9.47 Å². The van der Waals surface area contributed by atoms with Crippen LogP contribution < -0.4 is 14.8 Å². The van der Waals surface area contributed by atoms with Gasteiger partial charge in [0, 0.05) is 17.4 Å². The molecule has 0 saturated carbocycles. The highest BCUT2D eigenvalue weighted by Gasteiger charge is 2.08. The molecule has 0 radical (unpaired) electrons. The summed E-state index contributed by atoms with van der Waals surface area (Å²) in [6.07, 6.45) is 2.19. The Morgan fingerprint density at radius 2 is 1.78 bits per heavy atom. The minimum absolute atomic E-state index is 0. The van der Waals surface area contributed by atoms with Crippen LogP contribution in [0.2, 0.25) is 0 Å². The zero-order valence-corrected chi connectivity index (χ0v) is 16.6. The number of ether oxygens (including phenoxy) is 2. The van der Waals surface area contributed by atoms with Crippen LogP contribution >= 0.6 is 12.4 Å². The number of fused-ring (bicyclic) bond motifs is 1. The van der Waals surface area contributed by atoms with Gasteiger partial charge in [-0.2, -0.15) is 0 Å². The summed E-state index contributed by atoms with van der Waals surface area (Å²) in [7, 11) is 1.61. The number of nitrogens with zero attached hydrogens (tertiary/aromatic N) is 2. The maximum absolute atomic E-state index is 5.70. The molecule has 0 atom stereocenters. The van der Waals surface area contributed by atoms with Crippen molar-refractivity contribution in [3.63, 3.8) is 0 Å². The van der Waals surface area contributed by atoms with E-state index in [2.05, 4.69) is 22.2 Å². The van der Waals surface area contributed by atoms with Crippen molar-refractivity contribution < 1.29 is 14.9 Å². The molecule has 3 rings (SSSR count). The average Bonchev–Trinajstić information content (AvgIpc) is 2.63. The van der Waals surface area contributed by atoms with E-state index >= 15 is 0 Å². The Morgan fingerprint density at radius 3 is 2.44 bits per heavy atom. The third-order valence-corrected chi connectivity index (χ3v) is 3.86. The van der Waals surface area contributed by atoms with E-state index in [1.807, 2.05) is 49.4 Å². The maximum atomic E-state index is 5.70. The summed E-state index contributed by atoms with van der Waals surface area (Å²) in [4.78, 5) is 9.06. The summed E-state index contributed by atoms with van der Waals surface area (Å²) in [5, 5.41) is 3.42. The van der Waals surface area contributed by atoms with Crippen LogP contribution in [0.5, 0.6) is 11.6 Å². The Morgan fingerprint density at radius 1 is 1.04 bits per heavy atom. The Bertz CT molecular complexity index is 857. The molecule has 0 aliphatic carbocycles. The fourth-order valence-electron chi connectivity index (χ4n) is 2.56. The van der Waals surface area contributed by atoms with E-state index in [1.54, 1.807) is 7.11 Å². The molecule has 0 bridgehead atoms. The van der Waals surface area contributed by atoms with Gasteiger partial charge in [-0.25, -0.2) is 4.98 Å². The largest absolute Gasteiger partial charge is 0.494 e. The standard InChI is InChI=1S/C20H23N3O2.ClH.H2O/c1-4-5-12-25-16-8-6-15(7-9-16)22-18-13-14(2)21-17-10-11-19(24-3)23-20(17)18;;/h6-11,13H,4-5,12H2,1-3H3,(H,21,22);1H;1H2. The van der Waals surface area contributed by atoms with Gasteiger partial charge in [0.2, 0.25) is 5.88 Å². The van der Waals surface area contributed by atoms with Crippen LogP contribution in [0.4, 0.5) is 11.4 Å². The maximum Gasteiger partial charge on any atom is 0.213 e. The van der Waals surface area contributed by atoms with E-state index in [-0.39, 0.29) is 17.9 Å². The van der Waals surface area contributed by atoms with Crippen molar-refractivity contribution in [3.05, 3.63) is 48.2 Å². The van der Waals surface area contributed by atoms with Crippen LogP contribution in [-0.2, 0) is 0 Å². The first-order chi connectivity index (χ1) is 12.2. The Kier molecular flexibility index (Phi) is 8.78. The van der Waals surface area contributed by atoms with Crippen molar-refractivity contribution in [2.24, 2.45) is 0 Å². The van der Waals surface area contributed by atoms with Gasteiger partial charge >= 0.3 is 0 Å². The van der Waals surface area contributed by atoms with Gasteiger partial charge < -0.3 is 20.3 Å². The summed E-state index contributed by atoms with van der Waals surface area (Å²) >= 11 is 0. The van der Waals surface area contributed by atoms with Crippen LogP contribution in [-0.4, -0.2) is 29.2 Å². The minimum atomic E-state index is 0. The number of aryl methyl sites for hydroxylation is 1. The molecule has 0 spiro atoms. The molecule has 3 N–H and O–H groups in total. The molecule has 0 fully saturated rings. The highest BCUT2D eigenvalue weighted by atomic mass is 35.5. The number of rotatable bonds is 7. The molecular formula is C20H26ClN3O3. The van der Waals surface area contributed by atoms with Crippen LogP contribution in [0.25, 0.3) is 11.0 Å². The summed E-state index contributed by atoms with van der Waals surface area (Å²) in [5.74, 6) is 1.45. The Labute approximate surface area is 165 Å². The van der Waals surface area contributed by atoms with E-state index < -0.39 is 0 Å². The second-order valence-electron chi connectivity index (χ2n) is 5.88. The average molecular weight is 392 g/mol. The molecule has 0 aliphatic heterocycles. The van der Waals surface area contributed by atoms with Gasteiger partial charge in [-0.15, -0.1) is 12.4 Å². The van der Waals surface area contributed by atoms with Crippen LogP contribution in [0.1, 0.15) is 25.5 Å². The van der Waals surface area contributed by atoms with Gasteiger partial charge in [0.15, 0.2) is 0 Å². The zero-order valence-electron chi connectivity index (χ0n) is 15.8. The Balaban J connectivity index is 0.00000182. The van der Waals surface area contributed by atoms with E-state index in [0.717, 1.165) is 53.3 Å². The van der Waals surface area contributed by atoms with Crippen molar-refractivity contribution in [2.45, 2.75) is 26.7 Å². The van der Waals surface area contributed by atoms with Crippen molar-refractivity contribution >= 4 is 34.8 Å². The fraction of sp³-hybridized carbons (Fsp3) is 0.300. The molecule has 2 heterocycles. The van der Waals surface area contributed by atoms with Crippen molar-refractivity contribution in [2.75, 3.05) is 19.0 Å². The van der Waals surface area contributed by atoms with Crippen molar-refractivity contribution in [1.29, 1.82) is 0 Å². The number of halogens is 1. The van der Waals surface area contributed by atoms with Crippen LogP contribution in [0.3, 0.4) is 0 Å². The SMILES string of the molecule is CCCCOc1ccc(Nc2cc(C)nc3ccc(OC)nc23)cc1.Cl.O. The number of aromatic nitrogens is 2. The normalized spacial score (nSPS) is 9.89. The lowest BCUT2D eigenvalue weighted by molar-refractivity contribution is 0.309. The van der Waals surface area contributed by atoms with Crippen molar-refractivity contribution in [3.8, 4) is 11.6 Å². The molecule has 7 heteroatoms. The zero-order chi connectivity index (χ0) is 17.6. The fourth-order valence-corrected chi connectivity index (χ4v) is 2.56. The van der Waals surface area contributed by atoms with Gasteiger partial charge in [0.25, 0.3) is 0 Å². The second kappa shape index (κ2) is 10.5. The predicted molar refractivity (Wildman–Crippen MR) is 112 cm³/mol. The molecule has 0 aliphatic rings. The number of unbranched alkanes of at least 4 members (excludes halogenated alkanes) is 1. The molecule has 146 valence electrons. The summed E-state index contributed by atoms with van der Waals surface area (Å²) < 4.78 is 10.9. The van der Waals surface area contributed by atoms with Crippen molar-refractivity contribution in [1.82, 2.24) is 9.97 Å². The third-order valence-electron chi connectivity index (χ3n) is 3.86. The van der Waals surface area contributed by atoms with Crippen LogP contribution in [0.15, 0.2) is 42.5 Å². The number of hydrogen-bond acceptors (Lipinski definition) is 5. The number of anilines is 2. The quantitative estimate of drug-likeness (QED) is 0.600. The summed E-state index contributed by atoms with van der Waals surface area (Å²) in [6, 6.07) is 13.7. The number of nitrogens with one attached hydrogen (secondary N) is 1. The highest BCUT2D eigenvalue weighted by molar-refractivity contribution is 5.90. The van der Waals surface area contributed by atoms with Gasteiger partial charge in [-0.05, 0) is 49.7 Å². The number of benzene rings is 1. The number of hydrogen-bond donors (Lipinski definition) is 1. The number of methoxy groups -OCH3 is 1. The molecule has 0 saturated heterocycles. The smallest absolute Gasteiger partial charge is 0.213 e. The minimum Gasteiger partial charge on any atom is -0.494 e. The molecule has 1 aromatic carbocycles. The summed E-state index contributed by atoms with van der Waals surface area (Å²) in [5.41, 5.74) is 4.43. The molecular weight excluding hydrogens is 366 g/mol. The molecule has 2 aromatic heterocycles. The first-order valence-electron chi connectivity index (χ1n) is 8.52. The molecule has 6 nitrogen and oxygen atoms in total. The van der Waals surface area contributed by atoms with Gasteiger partial charge in [0.1, 0.15) is 11.3 Å². The van der Waals surface area contributed by atoms with E-state index in [9.17, 15) is 0 Å². The summed E-state index contributed by atoms with van der Waals surface area (Å²) in [6.45, 7) is 4.88. The highest BCUT2D eigenvalue weighted by Crippen LogP contribution is 2.27. The van der Waals surface area contributed by atoms with Crippen LogP contribution in [0, 0.1) is 6.92 Å². The van der Waals surface area contributed by atoms with E-state index in [1.165, 1.54) is 0 Å². The van der Waals surface area contributed by atoms with E-state index in [0.29, 0.717) is 5.88 Å². The van der Waals surface area contributed by atoms with Gasteiger partial charge in [-0.3, -0.25) is 4.98 Å². The first-order valence-corrected chi connectivity index (χ1v) is 8.52. The topological polar surface area (TPSA) is 87.8 Å². The predicted octanol–water partition coefficient (Wildman–Crippen LogP) is 4.47. The lowest BCUT2D eigenvalue weighted by atomic mass is 10.2. The molecule has 0 amide bonds. The third kappa shape index (κ3) is 5.70.